The van der Waals surface area contributed by atoms with Crippen LogP contribution in [0.15, 0.2) is 48.5 Å². The molecule has 0 bridgehead atoms. The molecule has 0 aliphatic carbocycles. The van der Waals surface area contributed by atoms with Gasteiger partial charge < -0.3 is 15.4 Å². The van der Waals surface area contributed by atoms with Crippen LogP contribution in [-0.2, 0) is 0 Å². The molecule has 0 aliphatic rings. The normalized spacial score (nSPS) is 9.90. The van der Waals surface area contributed by atoms with E-state index in [0.29, 0.717) is 17.4 Å². The zero-order chi connectivity index (χ0) is 14.4. The molecule has 0 atom stereocenters. The maximum Gasteiger partial charge on any atom is 0.175 e. The van der Waals surface area contributed by atoms with E-state index in [9.17, 15) is 4.39 Å². The van der Waals surface area contributed by atoms with Gasteiger partial charge in [-0.15, -0.1) is 0 Å². The largest absolute Gasteiger partial charge is 0.491 e. The fraction of sp³-hybridized carbons (Fsp3) is 0.133. The third-order valence-corrected chi connectivity index (χ3v) is 2.73. The molecule has 0 fully saturated rings. The standard InChI is InChI=1S/C15H15FN2OS/c1-2-19-14-9-8-12(10-13(14)16)18-15(20)17-11-6-4-3-5-7-11/h3-10H,2H2,1H3,(H2,17,18,20). The molecular weight excluding hydrogens is 275 g/mol. The SMILES string of the molecule is CCOc1ccc(NC(=S)Nc2ccccc2)cc1F. The average molecular weight is 290 g/mol. The molecule has 2 N–H and O–H groups in total. The lowest BCUT2D eigenvalue weighted by Gasteiger charge is -2.11. The molecule has 0 radical (unpaired) electrons. The Morgan fingerprint density at radius 2 is 1.80 bits per heavy atom. The zero-order valence-electron chi connectivity index (χ0n) is 11.0. The molecule has 2 aromatic rings. The van der Waals surface area contributed by atoms with Gasteiger partial charge in [0.2, 0.25) is 0 Å². The molecule has 5 heteroatoms. The zero-order valence-corrected chi connectivity index (χ0v) is 11.8. The van der Waals surface area contributed by atoms with Crippen LogP contribution in [0.2, 0.25) is 0 Å². The van der Waals surface area contributed by atoms with Crippen LogP contribution < -0.4 is 15.4 Å². The molecule has 0 spiro atoms. The number of rotatable bonds is 4. The number of hydrogen-bond donors (Lipinski definition) is 2. The first-order chi connectivity index (χ1) is 9.69. The second kappa shape index (κ2) is 6.86. The first-order valence-corrected chi connectivity index (χ1v) is 6.65. The van der Waals surface area contributed by atoms with Crippen LogP contribution in [0.1, 0.15) is 6.92 Å². The van der Waals surface area contributed by atoms with Gasteiger partial charge in [0.25, 0.3) is 0 Å². The highest BCUT2D eigenvalue weighted by Gasteiger charge is 2.05. The second-order valence-corrected chi connectivity index (χ2v) is 4.43. The summed E-state index contributed by atoms with van der Waals surface area (Å²) < 4.78 is 18.8. The average Bonchev–Trinajstić information content (AvgIpc) is 2.43. The van der Waals surface area contributed by atoms with Crippen LogP contribution >= 0.6 is 12.2 Å². The number of anilines is 2. The van der Waals surface area contributed by atoms with E-state index >= 15 is 0 Å². The molecule has 0 unspecified atom stereocenters. The Kier molecular flexibility index (Phi) is 4.90. The van der Waals surface area contributed by atoms with E-state index in [4.69, 9.17) is 17.0 Å². The highest BCUT2D eigenvalue weighted by molar-refractivity contribution is 7.80. The van der Waals surface area contributed by atoms with E-state index in [1.165, 1.54) is 6.07 Å². The number of para-hydroxylation sites is 1. The Hall–Kier alpha value is -2.14. The lowest BCUT2D eigenvalue weighted by molar-refractivity contribution is 0.321. The van der Waals surface area contributed by atoms with Crippen molar-refractivity contribution in [3.05, 3.63) is 54.3 Å². The summed E-state index contributed by atoms with van der Waals surface area (Å²) in [5.74, 6) is -0.181. The Balaban J connectivity index is 1.99. The first kappa shape index (κ1) is 14.3. The Morgan fingerprint density at radius 1 is 1.10 bits per heavy atom. The van der Waals surface area contributed by atoms with Crippen LogP contribution in [0.4, 0.5) is 15.8 Å². The van der Waals surface area contributed by atoms with Crippen LogP contribution in [0.3, 0.4) is 0 Å². The van der Waals surface area contributed by atoms with Gasteiger partial charge in [-0.25, -0.2) is 4.39 Å². The highest BCUT2D eigenvalue weighted by Crippen LogP contribution is 2.21. The highest BCUT2D eigenvalue weighted by atomic mass is 32.1. The van der Waals surface area contributed by atoms with Crippen molar-refractivity contribution in [2.75, 3.05) is 17.2 Å². The summed E-state index contributed by atoms with van der Waals surface area (Å²) in [5, 5.41) is 6.34. The smallest absolute Gasteiger partial charge is 0.175 e. The molecule has 0 aliphatic heterocycles. The van der Waals surface area contributed by atoms with Crippen molar-refractivity contribution in [2.24, 2.45) is 0 Å². The summed E-state index contributed by atoms with van der Waals surface area (Å²) in [4.78, 5) is 0. The van der Waals surface area contributed by atoms with Gasteiger partial charge in [-0.05, 0) is 43.4 Å². The first-order valence-electron chi connectivity index (χ1n) is 6.24. The summed E-state index contributed by atoms with van der Waals surface area (Å²) in [6, 6.07) is 14.2. The van der Waals surface area contributed by atoms with Crippen molar-refractivity contribution in [1.82, 2.24) is 0 Å². The van der Waals surface area contributed by atoms with E-state index in [0.717, 1.165) is 5.69 Å². The molecule has 0 saturated carbocycles. The van der Waals surface area contributed by atoms with Crippen LogP contribution in [-0.4, -0.2) is 11.7 Å². The Labute approximate surface area is 122 Å². The molecule has 0 saturated heterocycles. The molecule has 3 nitrogen and oxygen atoms in total. The van der Waals surface area contributed by atoms with Gasteiger partial charge >= 0.3 is 0 Å². The van der Waals surface area contributed by atoms with Crippen LogP contribution in [0.25, 0.3) is 0 Å². The molecule has 0 heterocycles. The minimum Gasteiger partial charge on any atom is -0.491 e. The minimum atomic E-state index is -0.417. The van der Waals surface area contributed by atoms with Gasteiger partial charge in [-0.2, -0.15) is 0 Å². The maximum absolute atomic E-state index is 13.7. The topological polar surface area (TPSA) is 33.3 Å². The van der Waals surface area contributed by atoms with E-state index in [-0.39, 0.29) is 5.75 Å². The lowest BCUT2D eigenvalue weighted by atomic mass is 10.3. The summed E-state index contributed by atoms with van der Waals surface area (Å²) in [6.45, 7) is 2.24. The molecule has 20 heavy (non-hydrogen) atoms. The van der Waals surface area contributed by atoms with Gasteiger partial charge in [0.1, 0.15) is 0 Å². The quantitative estimate of drug-likeness (QED) is 0.833. The minimum absolute atomic E-state index is 0.236. The van der Waals surface area contributed by atoms with Crippen molar-refractivity contribution in [3.63, 3.8) is 0 Å². The van der Waals surface area contributed by atoms with Gasteiger partial charge in [0, 0.05) is 17.4 Å². The predicted molar refractivity (Wildman–Crippen MR) is 83.9 cm³/mol. The molecule has 2 rings (SSSR count). The molecule has 0 aromatic heterocycles. The third-order valence-electron chi connectivity index (χ3n) is 2.52. The van der Waals surface area contributed by atoms with Crippen molar-refractivity contribution in [1.29, 1.82) is 0 Å². The number of thiocarbonyl (C=S) groups is 1. The summed E-state index contributed by atoms with van der Waals surface area (Å²) in [5.41, 5.74) is 1.44. The summed E-state index contributed by atoms with van der Waals surface area (Å²) >= 11 is 5.17. The van der Waals surface area contributed by atoms with E-state index < -0.39 is 5.82 Å². The third kappa shape index (κ3) is 3.93. The number of halogens is 1. The van der Waals surface area contributed by atoms with Gasteiger partial charge in [-0.3, -0.25) is 0 Å². The van der Waals surface area contributed by atoms with Crippen LogP contribution in [0.5, 0.6) is 5.75 Å². The van der Waals surface area contributed by atoms with Crippen molar-refractivity contribution in [3.8, 4) is 5.75 Å². The summed E-state index contributed by atoms with van der Waals surface area (Å²) in [7, 11) is 0. The summed E-state index contributed by atoms with van der Waals surface area (Å²) in [6.07, 6.45) is 0. The molecule has 2 aromatic carbocycles. The fourth-order valence-corrected chi connectivity index (χ4v) is 1.90. The van der Waals surface area contributed by atoms with Crippen molar-refractivity contribution in [2.45, 2.75) is 6.92 Å². The predicted octanol–water partition coefficient (Wildman–Crippen LogP) is 4.03. The second-order valence-electron chi connectivity index (χ2n) is 4.02. The van der Waals surface area contributed by atoms with Crippen molar-refractivity contribution >= 4 is 28.7 Å². The fourth-order valence-electron chi connectivity index (χ4n) is 1.67. The Morgan fingerprint density at radius 3 is 2.45 bits per heavy atom. The molecular formula is C15H15FN2OS. The van der Waals surface area contributed by atoms with Crippen molar-refractivity contribution < 1.29 is 9.13 Å². The van der Waals surface area contributed by atoms with E-state index in [1.807, 2.05) is 37.3 Å². The van der Waals surface area contributed by atoms with Gasteiger partial charge in [0.15, 0.2) is 16.7 Å². The maximum atomic E-state index is 13.7. The lowest BCUT2D eigenvalue weighted by Crippen LogP contribution is -2.19. The number of nitrogens with one attached hydrogen (secondary N) is 2. The monoisotopic (exact) mass is 290 g/mol. The van der Waals surface area contributed by atoms with Gasteiger partial charge in [-0.1, -0.05) is 18.2 Å². The molecule has 0 amide bonds. The number of benzene rings is 2. The van der Waals surface area contributed by atoms with E-state index in [1.54, 1.807) is 12.1 Å². The van der Waals surface area contributed by atoms with E-state index in [2.05, 4.69) is 10.6 Å². The van der Waals surface area contributed by atoms with Gasteiger partial charge in [0.05, 0.1) is 6.61 Å². The van der Waals surface area contributed by atoms with Crippen LogP contribution in [0, 0.1) is 5.82 Å². The number of ether oxygens (including phenoxy) is 1. The Bertz CT molecular complexity index is 590. The molecule has 104 valence electrons. The number of hydrogen-bond acceptors (Lipinski definition) is 2.